The third-order valence-corrected chi connectivity index (χ3v) is 5.26. The van der Waals surface area contributed by atoms with Crippen molar-refractivity contribution < 1.29 is 13.2 Å². The summed E-state index contributed by atoms with van der Waals surface area (Å²) in [7, 11) is 0. The first-order valence-corrected chi connectivity index (χ1v) is 10.2. The van der Waals surface area contributed by atoms with Crippen molar-refractivity contribution in [1.82, 2.24) is 19.7 Å². The number of nitrogens with one attached hydrogen (secondary N) is 1. The van der Waals surface area contributed by atoms with E-state index in [-0.39, 0.29) is 46.6 Å². The van der Waals surface area contributed by atoms with Gasteiger partial charge in [-0.05, 0) is 49.2 Å². The minimum absolute atomic E-state index is 0. The number of alkyl halides is 3. The predicted octanol–water partition coefficient (Wildman–Crippen LogP) is 6.34. The topological polar surface area (TPSA) is 46.5 Å². The summed E-state index contributed by atoms with van der Waals surface area (Å²) in [6.45, 7) is 10.4. The molecule has 0 bridgehead atoms. The summed E-state index contributed by atoms with van der Waals surface area (Å²) in [5, 5.41) is 4.76. The molecule has 4 rings (SSSR count). The maximum atomic E-state index is 13.5. The number of hydrogen-bond donors (Lipinski definition) is 1. The molecule has 8 heteroatoms. The van der Waals surface area contributed by atoms with Gasteiger partial charge in [0.25, 0.3) is 0 Å². The molecule has 2 aromatic heterocycles. The Kier molecular flexibility index (Phi) is 6.67. The molecule has 0 unspecified atom stereocenters. The Morgan fingerprint density at radius 2 is 1.66 bits per heavy atom. The van der Waals surface area contributed by atoms with Gasteiger partial charge in [0.05, 0.1) is 22.3 Å². The van der Waals surface area contributed by atoms with Gasteiger partial charge >= 0.3 is 35.7 Å². The van der Waals surface area contributed by atoms with Gasteiger partial charge in [-0.2, -0.15) is 18.3 Å². The molecule has 0 aliphatic rings. The molecule has 4 nitrogen and oxygen atoms in total. The normalized spacial score (nSPS) is 12.4. The Balaban J connectivity index is 0.00000289. The first-order valence-electron chi connectivity index (χ1n) is 10.2. The van der Waals surface area contributed by atoms with Crippen LogP contribution in [0.5, 0.6) is 0 Å². The van der Waals surface area contributed by atoms with Crippen LogP contribution in [0.1, 0.15) is 51.9 Å². The van der Waals surface area contributed by atoms with Gasteiger partial charge < -0.3 is 4.98 Å². The fourth-order valence-electron chi connectivity index (χ4n) is 3.61. The van der Waals surface area contributed by atoms with Gasteiger partial charge in [0, 0.05) is 11.5 Å². The van der Waals surface area contributed by atoms with E-state index in [1.165, 1.54) is 12.1 Å². The van der Waals surface area contributed by atoms with Crippen LogP contribution in [0.25, 0.3) is 33.7 Å². The van der Waals surface area contributed by atoms with Crippen molar-refractivity contribution in [3.05, 3.63) is 59.8 Å². The third kappa shape index (κ3) is 4.65. The van der Waals surface area contributed by atoms with Gasteiger partial charge in [-0.15, -0.1) is 0 Å². The summed E-state index contributed by atoms with van der Waals surface area (Å²) in [4.78, 5) is 8.00. The standard InChI is InChI=1S/C24H25F3N4.Na.H/c1-14(2)31-20(13-21(30-31)23(3,4)5)22-28-18-11-10-15(12-19(18)29-22)16-8-6-7-9-17(16)24(25,26)27;;/h6-14H,1-5H3,(H,28,29);;. The van der Waals surface area contributed by atoms with E-state index in [0.29, 0.717) is 16.9 Å². The second-order valence-corrected chi connectivity index (χ2v) is 9.06. The van der Waals surface area contributed by atoms with Crippen LogP contribution < -0.4 is 0 Å². The van der Waals surface area contributed by atoms with Crippen molar-refractivity contribution in [2.24, 2.45) is 0 Å². The summed E-state index contributed by atoms with van der Waals surface area (Å²) in [5.41, 5.74) is 3.03. The fourth-order valence-corrected chi connectivity index (χ4v) is 3.61. The molecular weight excluding hydrogens is 424 g/mol. The summed E-state index contributed by atoms with van der Waals surface area (Å²) < 4.78 is 42.3. The zero-order chi connectivity index (χ0) is 22.6. The van der Waals surface area contributed by atoms with Crippen molar-refractivity contribution in [2.45, 2.75) is 52.3 Å². The summed E-state index contributed by atoms with van der Waals surface area (Å²) in [5.74, 6) is 0.646. The van der Waals surface area contributed by atoms with Crippen LogP contribution in [0.2, 0.25) is 0 Å². The van der Waals surface area contributed by atoms with E-state index in [0.717, 1.165) is 23.0 Å². The summed E-state index contributed by atoms with van der Waals surface area (Å²) in [6, 6.07) is 12.9. The molecule has 0 fully saturated rings. The Labute approximate surface area is 207 Å². The Bertz CT molecular complexity index is 1250. The van der Waals surface area contributed by atoms with Gasteiger partial charge in [0.2, 0.25) is 0 Å². The van der Waals surface area contributed by atoms with Crippen LogP contribution in [0.4, 0.5) is 13.2 Å². The van der Waals surface area contributed by atoms with Gasteiger partial charge in [-0.3, -0.25) is 4.68 Å². The number of imidazole rings is 1. The Morgan fingerprint density at radius 1 is 0.969 bits per heavy atom. The van der Waals surface area contributed by atoms with Crippen LogP contribution in [-0.4, -0.2) is 49.3 Å². The zero-order valence-corrected chi connectivity index (χ0v) is 18.2. The van der Waals surface area contributed by atoms with Crippen LogP contribution in [-0.2, 0) is 11.6 Å². The average molecular weight is 450 g/mol. The molecule has 0 aliphatic carbocycles. The maximum absolute atomic E-state index is 13.5. The quantitative estimate of drug-likeness (QED) is 0.370. The third-order valence-electron chi connectivity index (χ3n) is 5.26. The number of aromatic amines is 1. The number of nitrogens with zero attached hydrogens (tertiary/aromatic N) is 3. The number of hydrogen-bond acceptors (Lipinski definition) is 2. The van der Waals surface area contributed by atoms with Crippen molar-refractivity contribution >= 4 is 40.6 Å². The Hall–Kier alpha value is -2.09. The van der Waals surface area contributed by atoms with Crippen LogP contribution in [0.3, 0.4) is 0 Å². The van der Waals surface area contributed by atoms with Crippen molar-refractivity contribution in [3.8, 4) is 22.6 Å². The van der Waals surface area contributed by atoms with Crippen LogP contribution in [0.15, 0.2) is 48.5 Å². The van der Waals surface area contributed by atoms with Crippen molar-refractivity contribution in [1.29, 1.82) is 0 Å². The molecule has 164 valence electrons. The van der Waals surface area contributed by atoms with E-state index in [1.807, 2.05) is 10.7 Å². The molecule has 2 heterocycles. The van der Waals surface area contributed by atoms with Crippen LogP contribution >= 0.6 is 0 Å². The molecule has 32 heavy (non-hydrogen) atoms. The van der Waals surface area contributed by atoms with E-state index in [2.05, 4.69) is 39.6 Å². The number of rotatable bonds is 3. The molecule has 0 atom stereocenters. The predicted molar refractivity (Wildman–Crippen MR) is 124 cm³/mol. The fraction of sp³-hybridized carbons (Fsp3) is 0.333. The monoisotopic (exact) mass is 450 g/mol. The van der Waals surface area contributed by atoms with E-state index in [1.54, 1.807) is 24.3 Å². The van der Waals surface area contributed by atoms with Gasteiger partial charge in [0.15, 0.2) is 5.82 Å². The van der Waals surface area contributed by atoms with E-state index in [4.69, 9.17) is 10.1 Å². The zero-order valence-electron chi connectivity index (χ0n) is 18.2. The molecule has 2 aromatic carbocycles. The van der Waals surface area contributed by atoms with Gasteiger partial charge in [-0.25, -0.2) is 4.98 Å². The number of aromatic nitrogens is 4. The molecule has 1 N–H and O–H groups in total. The first-order chi connectivity index (χ1) is 14.4. The number of halogens is 3. The molecule has 0 spiro atoms. The first kappa shape index (κ1) is 24.6. The van der Waals surface area contributed by atoms with Crippen LogP contribution in [0, 0.1) is 0 Å². The SMILES string of the molecule is CC(C)n1nc(C(C)(C)C)cc1-c1nc2cc(-c3ccccc3C(F)(F)F)ccc2[nH]1.[NaH]. The van der Waals surface area contributed by atoms with Crippen molar-refractivity contribution in [3.63, 3.8) is 0 Å². The molecule has 0 saturated heterocycles. The molecule has 0 radical (unpaired) electrons. The molecule has 0 saturated carbocycles. The van der Waals surface area contributed by atoms with E-state index in [9.17, 15) is 13.2 Å². The van der Waals surface area contributed by atoms with Gasteiger partial charge in [0.1, 0.15) is 5.69 Å². The Morgan fingerprint density at radius 3 is 2.28 bits per heavy atom. The van der Waals surface area contributed by atoms with E-state index >= 15 is 0 Å². The second kappa shape index (κ2) is 8.69. The molecule has 0 amide bonds. The summed E-state index contributed by atoms with van der Waals surface area (Å²) >= 11 is 0. The van der Waals surface area contributed by atoms with Crippen molar-refractivity contribution in [2.75, 3.05) is 0 Å². The minimum atomic E-state index is -4.42. The number of H-pyrrole nitrogens is 1. The molecule has 0 aliphatic heterocycles. The van der Waals surface area contributed by atoms with Gasteiger partial charge in [-0.1, -0.05) is 45.0 Å². The molecular formula is C24H26F3N4Na. The summed E-state index contributed by atoms with van der Waals surface area (Å²) in [6.07, 6.45) is -4.42. The molecule has 4 aromatic rings. The number of benzene rings is 2. The number of fused-ring (bicyclic) bond motifs is 1. The average Bonchev–Trinajstić information content (AvgIpc) is 3.30. The second-order valence-electron chi connectivity index (χ2n) is 9.06. The van der Waals surface area contributed by atoms with E-state index < -0.39 is 11.7 Å².